The van der Waals surface area contributed by atoms with Gasteiger partial charge in [-0.1, -0.05) is 13.0 Å². The topological polar surface area (TPSA) is 63.5 Å². The average molecular weight is 388 g/mol. The van der Waals surface area contributed by atoms with Crippen molar-refractivity contribution in [2.45, 2.75) is 33.6 Å². The van der Waals surface area contributed by atoms with Gasteiger partial charge in [0.15, 0.2) is 0 Å². The van der Waals surface area contributed by atoms with Gasteiger partial charge in [-0.25, -0.2) is 8.78 Å². The molecule has 0 aliphatic carbocycles. The summed E-state index contributed by atoms with van der Waals surface area (Å²) in [5.74, 6) is -1.50. The van der Waals surface area contributed by atoms with Crippen LogP contribution in [-0.4, -0.2) is 17.4 Å². The van der Waals surface area contributed by atoms with Crippen LogP contribution in [0.1, 0.15) is 30.0 Å². The highest BCUT2D eigenvalue weighted by Gasteiger charge is 2.34. The van der Waals surface area contributed by atoms with Crippen molar-refractivity contribution in [1.29, 1.82) is 0 Å². The van der Waals surface area contributed by atoms with Gasteiger partial charge in [0.2, 0.25) is 5.91 Å². The van der Waals surface area contributed by atoms with Crippen molar-refractivity contribution in [3.8, 4) is 0 Å². The Morgan fingerprint density at radius 2 is 1.82 bits per heavy atom. The van der Waals surface area contributed by atoms with Crippen molar-refractivity contribution in [1.82, 2.24) is 0 Å². The number of hydrogen-bond donors (Lipinski definition) is 0. The lowest BCUT2D eigenvalue weighted by Crippen LogP contribution is -2.46. The number of carbonyl (C=O) groups excluding carboxylic acids is 1. The number of benzene rings is 2. The molecule has 1 fully saturated rings. The first kappa shape index (κ1) is 19.9. The smallest absolute Gasteiger partial charge is 0.270 e. The van der Waals surface area contributed by atoms with E-state index in [1.807, 2.05) is 6.92 Å². The summed E-state index contributed by atoms with van der Waals surface area (Å²) >= 11 is 0. The van der Waals surface area contributed by atoms with Gasteiger partial charge in [0.25, 0.3) is 5.69 Å². The third-order valence-electron chi connectivity index (χ3n) is 5.30. The summed E-state index contributed by atoms with van der Waals surface area (Å²) in [6.07, 6.45) is 1.00. The van der Waals surface area contributed by atoms with E-state index in [0.717, 1.165) is 6.07 Å². The van der Waals surface area contributed by atoms with E-state index < -0.39 is 16.6 Å². The zero-order valence-electron chi connectivity index (χ0n) is 16.0. The predicted octanol–water partition coefficient (Wildman–Crippen LogP) is 4.72. The minimum Gasteiger partial charge on any atom is -0.311 e. The molecule has 1 saturated heterocycles. The van der Waals surface area contributed by atoms with Crippen molar-refractivity contribution in [3.63, 3.8) is 0 Å². The predicted molar refractivity (Wildman–Crippen MR) is 102 cm³/mol. The Morgan fingerprint density at radius 3 is 2.39 bits per heavy atom. The van der Waals surface area contributed by atoms with Gasteiger partial charge < -0.3 is 4.90 Å². The van der Waals surface area contributed by atoms with Gasteiger partial charge in [0.1, 0.15) is 11.6 Å². The number of hydrogen-bond acceptors (Lipinski definition) is 3. The zero-order chi connectivity index (χ0) is 20.6. The Morgan fingerprint density at radius 1 is 1.18 bits per heavy atom. The van der Waals surface area contributed by atoms with Crippen LogP contribution in [0, 0.1) is 47.4 Å². The maximum atomic E-state index is 14.1. The molecule has 2 aromatic rings. The molecule has 0 spiro atoms. The lowest BCUT2D eigenvalue weighted by Gasteiger charge is -2.37. The summed E-state index contributed by atoms with van der Waals surface area (Å²) < 4.78 is 27.2. The Balaban J connectivity index is 1.91. The zero-order valence-corrected chi connectivity index (χ0v) is 16.0. The Kier molecular flexibility index (Phi) is 5.45. The van der Waals surface area contributed by atoms with Crippen molar-refractivity contribution >= 4 is 17.3 Å². The maximum Gasteiger partial charge on any atom is 0.270 e. The summed E-state index contributed by atoms with van der Waals surface area (Å²) in [5.41, 5.74) is 2.39. The number of anilines is 1. The van der Waals surface area contributed by atoms with Crippen LogP contribution >= 0.6 is 0 Å². The normalized spacial score (nSPS) is 19.8. The van der Waals surface area contributed by atoms with Gasteiger partial charge in [-0.15, -0.1) is 0 Å². The van der Waals surface area contributed by atoms with E-state index in [4.69, 9.17) is 0 Å². The molecule has 28 heavy (non-hydrogen) atoms. The fourth-order valence-electron chi connectivity index (χ4n) is 4.10. The number of aryl methyl sites for hydroxylation is 2. The van der Waals surface area contributed by atoms with Gasteiger partial charge in [-0.05, 0) is 55.4 Å². The summed E-state index contributed by atoms with van der Waals surface area (Å²) in [4.78, 5) is 25.1. The van der Waals surface area contributed by atoms with Crippen molar-refractivity contribution in [2.75, 3.05) is 11.4 Å². The average Bonchev–Trinajstić information content (AvgIpc) is 2.60. The number of nitrogens with zero attached hydrogens (tertiary/aromatic N) is 2. The second-order valence-electron chi connectivity index (χ2n) is 7.58. The van der Waals surface area contributed by atoms with Crippen molar-refractivity contribution in [3.05, 3.63) is 68.8 Å². The Bertz CT molecular complexity index is 922. The number of amides is 1. The van der Waals surface area contributed by atoms with Crippen LogP contribution in [-0.2, 0) is 11.2 Å². The van der Waals surface area contributed by atoms with Crippen LogP contribution in [0.4, 0.5) is 20.2 Å². The van der Waals surface area contributed by atoms with Gasteiger partial charge in [0.05, 0.1) is 4.92 Å². The molecule has 2 aromatic carbocycles. The number of halogens is 2. The minimum atomic E-state index is -0.618. The number of rotatable bonds is 4. The molecule has 148 valence electrons. The van der Waals surface area contributed by atoms with E-state index in [0.29, 0.717) is 41.8 Å². The van der Waals surface area contributed by atoms with Gasteiger partial charge in [-0.2, -0.15) is 0 Å². The van der Waals surface area contributed by atoms with Crippen LogP contribution in [0.25, 0.3) is 0 Å². The molecule has 1 aliphatic rings. The lowest BCUT2D eigenvalue weighted by atomic mass is 9.84. The highest BCUT2D eigenvalue weighted by molar-refractivity contribution is 5.97. The van der Waals surface area contributed by atoms with Crippen molar-refractivity contribution in [2.24, 2.45) is 11.8 Å². The lowest BCUT2D eigenvalue weighted by molar-refractivity contribution is -0.384. The first-order chi connectivity index (χ1) is 13.2. The number of carbonyl (C=O) groups is 1. The van der Waals surface area contributed by atoms with E-state index in [1.165, 1.54) is 24.3 Å². The molecular formula is C21H22F2N2O3. The van der Waals surface area contributed by atoms with Crippen LogP contribution in [0.3, 0.4) is 0 Å². The van der Waals surface area contributed by atoms with E-state index in [9.17, 15) is 23.7 Å². The second-order valence-corrected chi connectivity index (χ2v) is 7.58. The SMILES string of the molecule is Cc1cc([N+](=O)[O-])cc(C)c1N1C[C@@H](Cc2ccc(F)cc2F)C[C@@H](C)C1=O. The molecule has 5 nitrogen and oxygen atoms in total. The van der Waals surface area contributed by atoms with Gasteiger partial charge in [0, 0.05) is 36.3 Å². The van der Waals surface area contributed by atoms with E-state index >= 15 is 0 Å². The maximum absolute atomic E-state index is 14.1. The standard InChI is InChI=1S/C21H22F2N2O3/c1-12-7-18(25(27)28)8-13(2)20(12)24-11-15(6-14(3)21(24)26)9-16-4-5-17(22)10-19(16)23/h4-5,7-8,10,14-15H,6,9,11H2,1-3H3/t14-,15-/m1/s1. The highest BCUT2D eigenvalue weighted by atomic mass is 19.1. The van der Waals surface area contributed by atoms with Crippen LogP contribution < -0.4 is 4.90 Å². The third kappa shape index (κ3) is 3.88. The molecule has 0 bridgehead atoms. The third-order valence-corrected chi connectivity index (χ3v) is 5.30. The van der Waals surface area contributed by atoms with Crippen LogP contribution in [0.15, 0.2) is 30.3 Å². The van der Waals surface area contributed by atoms with Crippen molar-refractivity contribution < 1.29 is 18.5 Å². The highest BCUT2D eigenvalue weighted by Crippen LogP contribution is 2.35. The van der Waals surface area contributed by atoms with Crippen LogP contribution in [0.5, 0.6) is 0 Å². The number of piperidine rings is 1. The van der Waals surface area contributed by atoms with Crippen LogP contribution in [0.2, 0.25) is 0 Å². The summed E-state index contributed by atoms with van der Waals surface area (Å²) in [5, 5.41) is 11.1. The molecule has 0 radical (unpaired) electrons. The number of nitro benzene ring substituents is 1. The first-order valence-electron chi connectivity index (χ1n) is 9.18. The number of non-ortho nitro benzene ring substituents is 1. The monoisotopic (exact) mass is 388 g/mol. The second kappa shape index (κ2) is 7.66. The number of nitro groups is 1. The molecule has 7 heteroatoms. The largest absolute Gasteiger partial charge is 0.311 e. The minimum absolute atomic E-state index is 0.00153. The molecule has 1 aliphatic heterocycles. The molecule has 0 N–H and O–H groups in total. The molecule has 0 aromatic heterocycles. The van der Waals surface area contributed by atoms with E-state index in [2.05, 4.69) is 0 Å². The summed E-state index contributed by atoms with van der Waals surface area (Å²) in [7, 11) is 0. The molecular weight excluding hydrogens is 366 g/mol. The first-order valence-corrected chi connectivity index (χ1v) is 9.18. The van der Waals surface area contributed by atoms with Gasteiger partial charge >= 0.3 is 0 Å². The molecule has 0 saturated carbocycles. The fraction of sp³-hybridized carbons (Fsp3) is 0.381. The molecule has 1 heterocycles. The Hall–Kier alpha value is -2.83. The quantitative estimate of drug-likeness (QED) is 0.562. The Labute approximate surface area is 162 Å². The molecule has 2 atom stereocenters. The molecule has 0 unspecified atom stereocenters. The van der Waals surface area contributed by atoms with E-state index in [-0.39, 0.29) is 23.4 Å². The molecule has 3 rings (SSSR count). The van der Waals surface area contributed by atoms with Gasteiger partial charge in [-0.3, -0.25) is 14.9 Å². The molecule has 1 amide bonds. The fourth-order valence-corrected chi connectivity index (χ4v) is 4.10. The van der Waals surface area contributed by atoms with E-state index in [1.54, 1.807) is 18.7 Å². The summed E-state index contributed by atoms with van der Waals surface area (Å²) in [6.45, 7) is 5.71. The summed E-state index contributed by atoms with van der Waals surface area (Å²) in [6, 6.07) is 6.47.